The third-order valence-electron chi connectivity index (χ3n) is 3.61. The van der Waals surface area contributed by atoms with Crippen LogP contribution in [-0.4, -0.2) is 33.9 Å². The number of halogens is 1. The molecule has 1 amide bonds. The maximum atomic E-state index is 11.6. The standard InChI is InChI=1S/C18H21ClN2O4/c1-12-9-14(17(19)21-10-12)16(23)15(22)7-8-20-18(24)25-11-13-5-3-2-4-6-13/h2-6,9-10,15-16,22-23H,7-8,11H2,1H3,(H,20,24). The summed E-state index contributed by atoms with van der Waals surface area (Å²) >= 11 is 5.95. The predicted molar refractivity (Wildman–Crippen MR) is 94.2 cm³/mol. The Balaban J connectivity index is 1.75. The minimum absolute atomic E-state index is 0.145. The number of carbonyl (C=O) groups excluding carboxylic acids is 1. The Morgan fingerprint density at radius 1 is 1.32 bits per heavy atom. The first-order valence-corrected chi connectivity index (χ1v) is 8.28. The van der Waals surface area contributed by atoms with Crippen molar-refractivity contribution in [2.45, 2.75) is 32.2 Å². The molecule has 0 bridgehead atoms. The molecular formula is C18H21ClN2O4. The molecule has 0 spiro atoms. The van der Waals surface area contributed by atoms with E-state index in [9.17, 15) is 15.0 Å². The summed E-state index contributed by atoms with van der Waals surface area (Å²) in [5.41, 5.74) is 2.07. The number of benzene rings is 1. The van der Waals surface area contributed by atoms with Crippen LogP contribution in [0.5, 0.6) is 0 Å². The normalized spacial score (nSPS) is 13.1. The lowest BCUT2D eigenvalue weighted by Crippen LogP contribution is -2.30. The molecule has 0 aliphatic carbocycles. The van der Waals surface area contributed by atoms with Crippen LogP contribution in [0.2, 0.25) is 5.15 Å². The molecule has 1 heterocycles. The van der Waals surface area contributed by atoms with Gasteiger partial charge in [-0.05, 0) is 30.5 Å². The lowest BCUT2D eigenvalue weighted by atomic mass is 10.0. The molecular weight excluding hydrogens is 344 g/mol. The number of amides is 1. The number of hydrogen-bond donors (Lipinski definition) is 3. The number of ether oxygens (including phenoxy) is 1. The zero-order chi connectivity index (χ0) is 18.2. The summed E-state index contributed by atoms with van der Waals surface area (Å²) in [6.45, 7) is 2.14. The Labute approximate surface area is 151 Å². The molecule has 0 saturated carbocycles. The lowest BCUT2D eigenvalue weighted by Gasteiger charge is -2.19. The average molecular weight is 365 g/mol. The lowest BCUT2D eigenvalue weighted by molar-refractivity contribution is 0.0135. The second-order valence-electron chi connectivity index (χ2n) is 5.68. The van der Waals surface area contributed by atoms with Gasteiger partial charge >= 0.3 is 6.09 Å². The molecule has 1 aromatic carbocycles. The van der Waals surface area contributed by atoms with Crippen molar-refractivity contribution in [3.63, 3.8) is 0 Å². The van der Waals surface area contributed by atoms with E-state index in [1.165, 1.54) is 0 Å². The molecule has 7 heteroatoms. The number of pyridine rings is 1. The highest BCUT2D eigenvalue weighted by molar-refractivity contribution is 6.30. The zero-order valence-corrected chi connectivity index (χ0v) is 14.6. The van der Waals surface area contributed by atoms with E-state index in [2.05, 4.69) is 10.3 Å². The second kappa shape index (κ2) is 9.36. The van der Waals surface area contributed by atoms with Crippen LogP contribution in [-0.2, 0) is 11.3 Å². The highest BCUT2D eigenvalue weighted by Crippen LogP contribution is 2.25. The van der Waals surface area contributed by atoms with Gasteiger partial charge in [0.2, 0.25) is 0 Å². The third kappa shape index (κ3) is 6.01. The summed E-state index contributed by atoms with van der Waals surface area (Å²) in [6, 6.07) is 11.0. The van der Waals surface area contributed by atoms with Crippen LogP contribution in [0.1, 0.15) is 29.2 Å². The summed E-state index contributed by atoms with van der Waals surface area (Å²) < 4.78 is 5.06. The molecule has 0 saturated heterocycles. The van der Waals surface area contributed by atoms with E-state index >= 15 is 0 Å². The van der Waals surface area contributed by atoms with Crippen LogP contribution in [0.15, 0.2) is 42.6 Å². The number of rotatable bonds is 7. The molecule has 25 heavy (non-hydrogen) atoms. The van der Waals surface area contributed by atoms with Gasteiger partial charge in [0.15, 0.2) is 0 Å². The van der Waals surface area contributed by atoms with Gasteiger partial charge in [-0.2, -0.15) is 0 Å². The van der Waals surface area contributed by atoms with Gasteiger partial charge in [0.05, 0.1) is 6.10 Å². The van der Waals surface area contributed by atoms with E-state index in [1.54, 1.807) is 12.3 Å². The summed E-state index contributed by atoms with van der Waals surface area (Å²) in [5.74, 6) is 0. The van der Waals surface area contributed by atoms with E-state index in [0.717, 1.165) is 11.1 Å². The maximum absolute atomic E-state index is 11.6. The number of hydrogen-bond acceptors (Lipinski definition) is 5. The highest BCUT2D eigenvalue weighted by atomic mass is 35.5. The third-order valence-corrected chi connectivity index (χ3v) is 3.92. The summed E-state index contributed by atoms with van der Waals surface area (Å²) in [6.07, 6.45) is -1.13. The van der Waals surface area contributed by atoms with Crippen LogP contribution < -0.4 is 5.32 Å². The second-order valence-corrected chi connectivity index (χ2v) is 6.04. The first-order chi connectivity index (χ1) is 12.0. The van der Waals surface area contributed by atoms with E-state index in [-0.39, 0.29) is 24.7 Å². The molecule has 0 aliphatic rings. The van der Waals surface area contributed by atoms with Crippen molar-refractivity contribution in [2.75, 3.05) is 6.54 Å². The van der Waals surface area contributed by atoms with Crippen LogP contribution in [0, 0.1) is 6.92 Å². The number of aryl methyl sites for hydroxylation is 1. The van der Waals surface area contributed by atoms with Gasteiger partial charge in [0.25, 0.3) is 0 Å². The summed E-state index contributed by atoms with van der Waals surface area (Å²) in [5, 5.41) is 23.0. The van der Waals surface area contributed by atoms with Crippen molar-refractivity contribution in [1.82, 2.24) is 10.3 Å². The van der Waals surface area contributed by atoms with Crippen molar-refractivity contribution in [3.8, 4) is 0 Å². The minimum atomic E-state index is -1.18. The van der Waals surface area contributed by atoms with Gasteiger partial charge in [-0.25, -0.2) is 9.78 Å². The first-order valence-electron chi connectivity index (χ1n) is 7.90. The van der Waals surface area contributed by atoms with Crippen molar-refractivity contribution in [3.05, 3.63) is 64.4 Å². The Morgan fingerprint density at radius 3 is 2.76 bits per heavy atom. The minimum Gasteiger partial charge on any atom is -0.445 e. The molecule has 0 fully saturated rings. The summed E-state index contributed by atoms with van der Waals surface area (Å²) in [7, 11) is 0. The first kappa shape index (κ1) is 19.2. The van der Waals surface area contributed by atoms with Crippen LogP contribution in [0.4, 0.5) is 4.79 Å². The average Bonchev–Trinajstić information content (AvgIpc) is 2.62. The highest BCUT2D eigenvalue weighted by Gasteiger charge is 2.21. The number of aromatic nitrogens is 1. The van der Waals surface area contributed by atoms with Crippen molar-refractivity contribution in [2.24, 2.45) is 0 Å². The van der Waals surface area contributed by atoms with Crippen LogP contribution >= 0.6 is 11.6 Å². The smallest absolute Gasteiger partial charge is 0.407 e. The fraction of sp³-hybridized carbons (Fsp3) is 0.333. The fourth-order valence-electron chi connectivity index (χ4n) is 2.24. The maximum Gasteiger partial charge on any atom is 0.407 e. The van der Waals surface area contributed by atoms with E-state index < -0.39 is 18.3 Å². The molecule has 0 aliphatic heterocycles. The molecule has 3 N–H and O–H groups in total. The molecule has 2 unspecified atom stereocenters. The number of alkyl carbamates (subject to hydrolysis) is 1. The van der Waals surface area contributed by atoms with Crippen molar-refractivity contribution < 1.29 is 19.7 Å². The Morgan fingerprint density at radius 2 is 2.04 bits per heavy atom. The summed E-state index contributed by atoms with van der Waals surface area (Å²) in [4.78, 5) is 15.6. The zero-order valence-electron chi connectivity index (χ0n) is 13.9. The van der Waals surface area contributed by atoms with Gasteiger partial charge in [-0.3, -0.25) is 0 Å². The van der Waals surface area contributed by atoms with E-state index in [1.807, 2.05) is 37.3 Å². The molecule has 134 valence electrons. The monoisotopic (exact) mass is 364 g/mol. The molecule has 2 atom stereocenters. The quantitative estimate of drug-likeness (QED) is 0.657. The molecule has 0 radical (unpaired) electrons. The van der Waals surface area contributed by atoms with Gasteiger partial charge in [-0.1, -0.05) is 41.9 Å². The largest absolute Gasteiger partial charge is 0.445 e. The predicted octanol–water partition coefficient (Wildman–Crippen LogP) is 2.75. The number of aliphatic hydroxyl groups excluding tert-OH is 2. The molecule has 6 nitrogen and oxygen atoms in total. The van der Waals surface area contributed by atoms with Crippen molar-refractivity contribution >= 4 is 17.7 Å². The molecule has 2 aromatic rings. The molecule has 2 rings (SSSR count). The van der Waals surface area contributed by atoms with E-state index in [4.69, 9.17) is 16.3 Å². The van der Waals surface area contributed by atoms with Crippen molar-refractivity contribution in [1.29, 1.82) is 0 Å². The fourth-order valence-corrected chi connectivity index (χ4v) is 2.46. The number of aliphatic hydroxyl groups is 2. The SMILES string of the molecule is Cc1cnc(Cl)c(C(O)C(O)CCNC(=O)OCc2ccccc2)c1. The Hall–Kier alpha value is -2.15. The van der Waals surface area contributed by atoms with Crippen LogP contribution in [0.3, 0.4) is 0 Å². The number of nitrogens with one attached hydrogen (secondary N) is 1. The number of nitrogens with zero attached hydrogens (tertiary/aromatic N) is 1. The Bertz CT molecular complexity index is 697. The Kier molecular flexibility index (Phi) is 7.18. The number of carbonyl (C=O) groups is 1. The van der Waals surface area contributed by atoms with E-state index in [0.29, 0.717) is 5.56 Å². The van der Waals surface area contributed by atoms with Gasteiger partial charge < -0.3 is 20.3 Å². The van der Waals surface area contributed by atoms with Gasteiger partial charge in [-0.15, -0.1) is 0 Å². The topological polar surface area (TPSA) is 91.7 Å². The van der Waals surface area contributed by atoms with Crippen LogP contribution in [0.25, 0.3) is 0 Å². The van der Waals surface area contributed by atoms with Gasteiger partial charge in [0.1, 0.15) is 17.9 Å². The molecule has 1 aromatic heterocycles. The van der Waals surface area contributed by atoms with Gasteiger partial charge in [0, 0.05) is 18.3 Å².